The fourth-order valence-corrected chi connectivity index (χ4v) is 4.18. The van der Waals surface area contributed by atoms with Crippen LogP contribution in [0.3, 0.4) is 0 Å². The van der Waals surface area contributed by atoms with Crippen molar-refractivity contribution < 1.29 is 22.4 Å². The number of anilines is 2. The fraction of sp³-hybridized carbons (Fsp3) is 0.182. The average molecular weight is 446 g/mol. The number of aromatic nitrogens is 1. The third-order valence-corrected chi connectivity index (χ3v) is 6.03. The highest BCUT2D eigenvalue weighted by molar-refractivity contribution is 7.10. The molecule has 9 heteroatoms. The highest BCUT2D eigenvalue weighted by Gasteiger charge is 2.30. The van der Waals surface area contributed by atoms with Gasteiger partial charge in [0.15, 0.2) is 11.5 Å². The van der Waals surface area contributed by atoms with E-state index in [0.717, 1.165) is 12.1 Å². The number of carbonyl (C=O) groups excluding carboxylic acids is 1. The Bertz CT molecular complexity index is 1330. The van der Waals surface area contributed by atoms with Gasteiger partial charge in [-0.1, -0.05) is 23.7 Å². The summed E-state index contributed by atoms with van der Waals surface area (Å²) in [4.78, 5) is 24.9. The van der Waals surface area contributed by atoms with Crippen LogP contribution in [0.4, 0.5) is 24.5 Å². The van der Waals surface area contributed by atoms with Crippen LogP contribution in [-0.4, -0.2) is 9.74 Å². The van der Waals surface area contributed by atoms with Crippen molar-refractivity contribution in [2.45, 2.75) is 26.6 Å². The van der Waals surface area contributed by atoms with Gasteiger partial charge in [0.1, 0.15) is 11.3 Å². The molecule has 0 amide bonds. The van der Waals surface area contributed by atoms with Gasteiger partial charge in [0.2, 0.25) is 0 Å². The molecule has 0 fully saturated rings. The number of ketones is 1. The highest BCUT2D eigenvalue weighted by atomic mass is 32.1. The number of fused-ring (bicyclic) bond motifs is 1. The minimum atomic E-state index is -4.43. The minimum Gasteiger partial charge on any atom is -0.453 e. The highest BCUT2D eigenvalue weighted by Crippen LogP contribution is 2.36. The molecule has 5 nitrogen and oxygen atoms in total. The van der Waals surface area contributed by atoms with E-state index >= 15 is 0 Å². The second-order valence-electron chi connectivity index (χ2n) is 6.91. The first-order chi connectivity index (χ1) is 14.7. The Labute approximate surface area is 178 Å². The Morgan fingerprint density at radius 2 is 1.84 bits per heavy atom. The Hall–Kier alpha value is -3.33. The first-order valence-electron chi connectivity index (χ1n) is 9.40. The molecule has 0 spiro atoms. The number of rotatable bonds is 5. The molecule has 4 aromatic rings. The lowest BCUT2D eigenvalue weighted by Gasteiger charge is -2.09. The maximum atomic E-state index is 12.9. The molecule has 1 N–H and O–H groups in total. The molecule has 0 saturated carbocycles. The van der Waals surface area contributed by atoms with Crippen LogP contribution in [0.15, 0.2) is 57.7 Å². The van der Waals surface area contributed by atoms with Crippen molar-refractivity contribution in [2.75, 3.05) is 5.32 Å². The van der Waals surface area contributed by atoms with E-state index in [-0.39, 0.29) is 22.8 Å². The van der Waals surface area contributed by atoms with Crippen LogP contribution in [0.25, 0.3) is 21.4 Å². The molecule has 2 heterocycles. The summed E-state index contributed by atoms with van der Waals surface area (Å²) in [6.45, 7) is 3.66. The van der Waals surface area contributed by atoms with Gasteiger partial charge in [0.05, 0.1) is 10.4 Å². The maximum absolute atomic E-state index is 12.9. The monoisotopic (exact) mass is 446 g/mol. The lowest BCUT2D eigenvalue weighted by molar-refractivity contribution is -0.137. The molecule has 2 aromatic carbocycles. The second kappa shape index (κ2) is 7.73. The van der Waals surface area contributed by atoms with Crippen molar-refractivity contribution in [1.82, 2.24) is 3.96 Å². The zero-order valence-electron chi connectivity index (χ0n) is 16.5. The summed E-state index contributed by atoms with van der Waals surface area (Å²) in [7, 11) is 0. The predicted molar refractivity (Wildman–Crippen MR) is 114 cm³/mol. The van der Waals surface area contributed by atoms with E-state index in [1.165, 1.54) is 34.5 Å². The van der Waals surface area contributed by atoms with Crippen LogP contribution in [0.1, 0.15) is 30.0 Å². The normalized spacial score (nSPS) is 11.8. The van der Waals surface area contributed by atoms with Crippen molar-refractivity contribution in [3.8, 4) is 10.4 Å². The third kappa shape index (κ3) is 4.00. The van der Waals surface area contributed by atoms with E-state index in [0.29, 0.717) is 33.6 Å². The zero-order chi connectivity index (χ0) is 22.3. The van der Waals surface area contributed by atoms with Gasteiger partial charge in [-0.05, 0) is 48.9 Å². The lowest BCUT2D eigenvalue weighted by atomic mass is 10.1. The Morgan fingerprint density at radius 3 is 2.45 bits per heavy atom. The summed E-state index contributed by atoms with van der Waals surface area (Å²) in [5.74, 6) is 0.0421. The number of nitrogens with zero attached hydrogens (tertiary/aromatic N) is 1. The Morgan fingerprint density at radius 1 is 1.13 bits per heavy atom. The molecule has 0 saturated heterocycles. The zero-order valence-corrected chi connectivity index (χ0v) is 17.4. The van der Waals surface area contributed by atoms with Crippen LogP contribution in [0.5, 0.6) is 0 Å². The Balaban J connectivity index is 1.75. The molecule has 2 aromatic heterocycles. The summed E-state index contributed by atoms with van der Waals surface area (Å²) in [6, 6.07) is 11.5. The molecule has 0 atom stereocenters. The summed E-state index contributed by atoms with van der Waals surface area (Å²) < 4.78 is 45.7. The van der Waals surface area contributed by atoms with Gasteiger partial charge in [0.25, 0.3) is 5.56 Å². The first kappa shape index (κ1) is 20.9. The van der Waals surface area contributed by atoms with Crippen molar-refractivity contribution in [1.29, 1.82) is 0 Å². The smallest absolute Gasteiger partial charge is 0.416 e. The number of alkyl halides is 3. The van der Waals surface area contributed by atoms with Crippen molar-refractivity contribution in [3.05, 3.63) is 70.2 Å². The predicted octanol–water partition coefficient (Wildman–Crippen LogP) is 6.31. The first-order valence-corrected chi connectivity index (χ1v) is 10.2. The van der Waals surface area contributed by atoms with Gasteiger partial charge in [-0.15, -0.1) is 0 Å². The van der Waals surface area contributed by atoms with Crippen LogP contribution in [0, 0.1) is 0 Å². The number of hydrogen-bond acceptors (Lipinski definition) is 5. The van der Waals surface area contributed by atoms with Gasteiger partial charge in [-0.2, -0.15) is 13.2 Å². The molecule has 31 heavy (non-hydrogen) atoms. The molecular weight excluding hydrogens is 429 g/mol. The topological polar surface area (TPSA) is 64.2 Å². The maximum Gasteiger partial charge on any atom is 0.416 e. The number of Topliss-reactive ketones (excluding diaryl/α,β-unsaturated/α-hetero) is 1. The van der Waals surface area contributed by atoms with Crippen molar-refractivity contribution in [3.63, 3.8) is 0 Å². The van der Waals surface area contributed by atoms with Crippen molar-refractivity contribution in [2.24, 2.45) is 0 Å². The third-order valence-electron chi connectivity index (χ3n) is 4.76. The van der Waals surface area contributed by atoms with Gasteiger partial charge in [-0.3, -0.25) is 13.5 Å². The largest absolute Gasteiger partial charge is 0.453 e. The minimum absolute atomic E-state index is 0.195. The summed E-state index contributed by atoms with van der Waals surface area (Å²) in [6.07, 6.45) is -4.43. The molecule has 0 aliphatic rings. The molecule has 0 aliphatic heterocycles. The number of halogens is 3. The van der Waals surface area contributed by atoms with E-state index in [1.807, 2.05) is 6.92 Å². The van der Waals surface area contributed by atoms with E-state index in [2.05, 4.69) is 5.32 Å². The van der Waals surface area contributed by atoms with E-state index in [1.54, 1.807) is 24.3 Å². The van der Waals surface area contributed by atoms with E-state index < -0.39 is 11.7 Å². The molecule has 160 valence electrons. The summed E-state index contributed by atoms with van der Waals surface area (Å²) in [5, 5.41) is 3.79. The molecule has 0 bridgehead atoms. The van der Waals surface area contributed by atoms with Gasteiger partial charge < -0.3 is 9.73 Å². The number of aryl methyl sites for hydroxylation is 1. The summed E-state index contributed by atoms with van der Waals surface area (Å²) in [5.41, 5.74) is 0.901. The van der Waals surface area contributed by atoms with Crippen LogP contribution in [-0.2, 0) is 12.7 Å². The number of carbonyl (C=O) groups is 1. The van der Waals surface area contributed by atoms with Gasteiger partial charge in [-0.25, -0.2) is 0 Å². The lowest BCUT2D eigenvalue weighted by Crippen LogP contribution is -2.14. The van der Waals surface area contributed by atoms with Crippen LogP contribution < -0.4 is 10.9 Å². The van der Waals surface area contributed by atoms with E-state index in [9.17, 15) is 22.8 Å². The second-order valence-corrected chi connectivity index (χ2v) is 7.95. The molecular formula is C22H17F3N2O3S. The Kier molecular flexibility index (Phi) is 5.22. The molecule has 4 rings (SSSR count). The standard InChI is InChI=1S/C22H17F3N2O3S/c1-3-27-21(29)19(20(31-27)13-4-6-15(7-5-13)22(23,24)25)26-16-8-9-17-14(10-16)11-18(30-17)12(2)28/h4-11,26H,3H2,1-2H3. The quantitative estimate of drug-likeness (QED) is 0.365. The van der Waals surface area contributed by atoms with Crippen LogP contribution in [0.2, 0.25) is 0 Å². The average Bonchev–Trinajstić information content (AvgIpc) is 3.29. The fourth-order valence-electron chi connectivity index (χ4n) is 3.18. The van der Waals surface area contributed by atoms with Gasteiger partial charge >= 0.3 is 6.18 Å². The number of furan rings is 1. The number of benzene rings is 2. The van der Waals surface area contributed by atoms with Crippen molar-refractivity contribution >= 4 is 39.7 Å². The van der Waals surface area contributed by atoms with E-state index in [4.69, 9.17) is 4.42 Å². The molecule has 0 radical (unpaired) electrons. The van der Waals surface area contributed by atoms with Gasteiger partial charge in [0, 0.05) is 24.5 Å². The summed E-state index contributed by atoms with van der Waals surface area (Å²) >= 11 is 1.18. The SMILES string of the molecule is CCn1sc(-c2ccc(C(F)(F)F)cc2)c(Nc2ccc3oc(C(C)=O)cc3c2)c1=O. The number of hydrogen-bond donors (Lipinski definition) is 1. The number of nitrogens with one attached hydrogen (secondary N) is 1. The molecule has 0 aliphatic carbocycles. The van der Waals surface area contributed by atoms with Crippen LogP contribution >= 0.6 is 11.5 Å². The molecule has 0 unspecified atom stereocenters.